The molecule has 0 aromatic heterocycles. The van der Waals surface area contributed by atoms with E-state index >= 15 is 0 Å². The Bertz CT molecular complexity index is 431. The van der Waals surface area contributed by atoms with Gasteiger partial charge in [0.25, 0.3) is 0 Å². The Kier molecular flexibility index (Phi) is 4.04. The predicted molar refractivity (Wildman–Crippen MR) is 72.3 cm³/mol. The van der Waals surface area contributed by atoms with Gasteiger partial charge in [-0.1, -0.05) is 18.2 Å². The number of nitrogens with two attached hydrogens (primary N) is 1. The van der Waals surface area contributed by atoms with E-state index in [1.54, 1.807) is 0 Å². The summed E-state index contributed by atoms with van der Waals surface area (Å²) < 4.78 is 5.61. The smallest absolute Gasteiger partial charge is 0.206 e. The molecule has 1 aliphatic heterocycles. The van der Waals surface area contributed by atoms with Gasteiger partial charge in [-0.15, -0.1) is 0 Å². The normalized spacial score (nSPS) is 19.1. The third-order valence-corrected chi connectivity index (χ3v) is 2.77. The molecule has 0 bridgehead atoms. The number of benzene rings is 1. The van der Waals surface area contributed by atoms with Crippen LogP contribution in [-0.2, 0) is 0 Å². The molecule has 0 radical (unpaired) electrons. The Morgan fingerprint density at radius 1 is 1.44 bits per heavy atom. The van der Waals surface area contributed by atoms with Gasteiger partial charge < -0.3 is 10.1 Å². The van der Waals surface area contributed by atoms with Gasteiger partial charge in [-0.3, -0.25) is 5.43 Å². The predicted octanol–water partition coefficient (Wildman–Crippen LogP) is 1.33. The third kappa shape index (κ3) is 2.92. The molecule has 2 rings (SSSR count). The van der Waals surface area contributed by atoms with Crippen LogP contribution in [0.5, 0.6) is 5.75 Å². The molecule has 5 nitrogen and oxygen atoms in total. The summed E-state index contributed by atoms with van der Waals surface area (Å²) in [6.45, 7) is 4.78. The highest BCUT2D eigenvalue weighted by Gasteiger charge is 2.20. The minimum absolute atomic E-state index is 0.0900. The van der Waals surface area contributed by atoms with Crippen molar-refractivity contribution in [2.75, 3.05) is 6.61 Å². The van der Waals surface area contributed by atoms with Crippen LogP contribution in [-0.4, -0.2) is 18.6 Å². The summed E-state index contributed by atoms with van der Waals surface area (Å²) in [7, 11) is 0. The van der Waals surface area contributed by atoms with E-state index in [1.807, 2.05) is 38.1 Å². The van der Waals surface area contributed by atoms with Crippen LogP contribution in [0, 0.1) is 0 Å². The molecule has 1 aliphatic rings. The largest absolute Gasteiger partial charge is 0.493 e. The standard InChI is InChI=1S/C13H20N4O/c1-9(2)15-13(17-14)16-11-7-8-18-12-6-4-3-5-10(11)12/h3-6,9,11H,7-8,14H2,1-2H3,(H2,15,16,17). The van der Waals surface area contributed by atoms with Gasteiger partial charge in [-0.05, 0) is 19.9 Å². The Labute approximate surface area is 107 Å². The first-order valence-electron chi connectivity index (χ1n) is 6.23. The Morgan fingerprint density at radius 2 is 2.22 bits per heavy atom. The minimum atomic E-state index is 0.0900. The van der Waals surface area contributed by atoms with Gasteiger partial charge in [0.1, 0.15) is 5.75 Å². The molecule has 1 aromatic carbocycles. The van der Waals surface area contributed by atoms with Crippen LogP contribution in [0.15, 0.2) is 29.3 Å². The maximum absolute atomic E-state index is 5.61. The number of aliphatic imine (C=N–C) groups is 1. The molecule has 0 spiro atoms. The van der Waals surface area contributed by atoms with Crippen molar-refractivity contribution in [3.05, 3.63) is 29.8 Å². The van der Waals surface area contributed by atoms with Crippen molar-refractivity contribution >= 4 is 5.96 Å². The average molecular weight is 248 g/mol. The Balaban J connectivity index is 2.21. The van der Waals surface area contributed by atoms with Crippen LogP contribution in [0.3, 0.4) is 0 Å². The van der Waals surface area contributed by atoms with Crippen LogP contribution in [0.4, 0.5) is 0 Å². The van der Waals surface area contributed by atoms with Crippen molar-refractivity contribution in [2.24, 2.45) is 10.8 Å². The van der Waals surface area contributed by atoms with Crippen LogP contribution in [0.25, 0.3) is 0 Å². The fraction of sp³-hybridized carbons (Fsp3) is 0.462. The lowest BCUT2D eigenvalue weighted by Gasteiger charge is -2.24. The van der Waals surface area contributed by atoms with Gasteiger partial charge in [0, 0.05) is 18.0 Å². The quantitative estimate of drug-likeness (QED) is 0.319. The first kappa shape index (κ1) is 12.7. The van der Waals surface area contributed by atoms with Crippen molar-refractivity contribution in [1.29, 1.82) is 0 Å². The summed E-state index contributed by atoms with van der Waals surface area (Å²) in [6.07, 6.45) is 0.863. The molecular formula is C13H20N4O. The molecule has 18 heavy (non-hydrogen) atoms. The number of hydrogen-bond acceptors (Lipinski definition) is 3. The number of rotatable bonds is 2. The van der Waals surface area contributed by atoms with Gasteiger partial charge in [0.05, 0.1) is 12.6 Å². The summed E-state index contributed by atoms with van der Waals surface area (Å²) in [5.41, 5.74) is 3.72. The van der Waals surface area contributed by atoms with E-state index in [9.17, 15) is 0 Å². The van der Waals surface area contributed by atoms with E-state index in [-0.39, 0.29) is 12.1 Å². The lowest BCUT2D eigenvalue weighted by Crippen LogP contribution is -2.45. The number of hydrazine groups is 1. The summed E-state index contributed by atoms with van der Waals surface area (Å²) in [5, 5.41) is 3.18. The first-order valence-corrected chi connectivity index (χ1v) is 6.23. The van der Waals surface area contributed by atoms with E-state index < -0.39 is 0 Å². The summed E-state index contributed by atoms with van der Waals surface area (Å²) >= 11 is 0. The van der Waals surface area contributed by atoms with Crippen LogP contribution in [0.2, 0.25) is 0 Å². The first-order chi connectivity index (χ1) is 8.70. The molecule has 5 heteroatoms. The summed E-state index contributed by atoms with van der Waals surface area (Å²) in [5.74, 6) is 7.02. The molecule has 0 fully saturated rings. The molecule has 4 N–H and O–H groups in total. The second-order valence-corrected chi connectivity index (χ2v) is 4.61. The van der Waals surface area contributed by atoms with E-state index in [1.165, 1.54) is 0 Å². The van der Waals surface area contributed by atoms with Crippen LogP contribution in [0.1, 0.15) is 31.9 Å². The molecule has 0 amide bonds. The van der Waals surface area contributed by atoms with Crippen molar-refractivity contribution < 1.29 is 4.74 Å². The van der Waals surface area contributed by atoms with Crippen molar-refractivity contribution in [3.63, 3.8) is 0 Å². The zero-order valence-electron chi connectivity index (χ0n) is 10.8. The Morgan fingerprint density at radius 3 is 2.94 bits per heavy atom. The van der Waals surface area contributed by atoms with Gasteiger partial charge in [0.15, 0.2) is 0 Å². The minimum Gasteiger partial charge on any atom is -0.493 e. The number of nitrogens with zero attached hydrogens (tertiary/aromatic N) is 1. The monoisotopic (exact) mass is 248 g/mol. The maximum Gasteiger partial charge on any atom is 0.206 e. The highest BCUT2D eigenvalue weighted by atomic mass is 16.5. The molecule has 98 valence electrons. The topological polar surface area (TPSA) is 71.7 Å². The molecular weight excluding hydrogens is 228 g/mol. The summed E-state index contributed by atoms with van der Waals surface area (Å²) in [4.78, 5) is 4.62. The third-order valence-electron chi connectivity index (χ3n) is 2.77. The molecule has 0 aliphatic carbocycles. The lowest BCUT2D eigenvalue weighted by molar-refractivity contribution is 0.269. The zero-order valence-corrected chi connectivity index (χ0v) is 10.8. The SMILES string of the molecule is CC(C)NC(=NC1CCOc2ccccc21)NN. The maximum atomic E-state index is 5.61. The van der Waals surface area contributed by atoms with Gasteiger partial charge in [-0.2, -0.15) is 0 Å². The van der Waals surface area contributed by atoms with Crippen LogP contribution >= 0.6 is 0 Å². The van der Waals surface area contributed by atoms with Crippen LogP contribution < -0.4 is 21.3 Å². The van der Waals surface area contributed by atoms with E-state index in [0.717, 1.165) is 17.7 Å². The molecule has 1 unspecified atom stereocenters. The van der Waals surface area contributed by atoms with E-state index in [4.69, 9.17) is 10.6 Å². The van der Waals surface area contributed by atoms with Crippen molar-refractivity contribution in [1.82, 2.24) is 10.7 Å². The fourth-order valence-electron chi connectivity index (χ4n) is 2.00. The number of guanidine groups is 1. The summed E-state index contributed by atoms with van der Waals surface area (Å²) in [6, 6.07) is 8.37. The molecule has 0 saturated heterocycles. The molecule has 1 atom stereocenters. The number of nitrogens with one attached hydrogen (secondary N) is 2. The number of para-hydroxylation sites is 1. The molecule has 1 heterocycles. The number of hydrogen-bond donors (Lipinski definition) is 3. The van der Waals surface area contributed by atoms with Gasteiger partial charge >= 0.3 is 0 Å². The highest BCUT2D eigenvalue weighted by molar-refractivity contribution is 5.79. The zero-order chi connectivity index (χ0) is 13.0. The number of fused-ring (bicyclic) bond motifs is 1. The Hall–Kier alpha value is -1.75. The van der Waals surface area contributed by atoms with E-state index in [0.29, 0.717) is 12.6 Å². The molecule has 1 aromatic rings. The fourth-order valence-corrected chi connectivity index (χ4v) is 2.00. The van der Waals surface area contributed by atoms with Crippen molar-refractivity contribution in [3.8, 4) is 5.75 Å². The van der Waals surface area contributed by atoms with Crippen molar-refractivity contribution in [2.45, 2.75) is 32.4 Å². The van der Waals surface area contributed by atoms with E-state index in [2.05, 4.69) is 15.7 Å². The lowest BCUT2D eigenvalue weighted by atomic mass is 10.0. The van der Waals surface area contributed by atoms with Gasteiger partial charge in [-0.25, -0.2) is 10.8 Å². The average Bonchev–Trinajstić information content (AvgIpc) is 2.38. The van der Waals surface area contributed by atoms with Gasteiger partial charge in [0.2, 0.25) is 5.96 Å². The highest BCUT2D eigenvalue weighted by Crippen LogP contribution is 2.33. The molecule has 0 saturated carbocycles. The second kappa shape index (κ2) is 5.73. The number of ether oxygens (including phenoxy) is 1. The second-order valence-electron chi connectivity index (χ2n) is 4.61.